The molecule has 3 aromatic carbocycles. The predicted octanol–water partition coefficient (Wildman–Crippen LogP) is 4.85. The van der Waals surface area contributed by atoms with Crippen molar-refractivity contribution in [2.24, 2.45) is 7.05 Å². The van der Waals surface area contributed by atoms with Crippen LogP contribution < -0.4 is 4.57 Å². The second-order valence-corrected chi connectivity index (χ2v) is 6.53. The van der Waals surface area contributed by atoms with Crippen molar-refractivity contribution in [2.75, 3.05) is 0 Å². The third-order valence-electron chi connectivity index (χ3n) is 4.96. The number of allylic oxidation sites excluding steroid dienone is 2. The quantitative estimate of drug-likeness (QED) is 0.348. The number of hydrogen-bond acceptors (Lipinski definition) is 0. The van der Waals surface area contributed by atoms with Crippen molar-refractivity contribution >= 4 is 22.8 Å². The van der Waals surface area contributed by atoms with E-state index in [-0.39, 0.29) is 0 Å². The Kier molecular flexibility index (Phi) is 3.36. The average molecular weight is 334 g/mol. The smallest absolute Gasteiger partial charge is 0.244 e. The molecule has 1 heterocycles. The van der Waals surface area contributed by atoms with E-state index < -0.39 is 0 Å². The van der Waals surface area contributed by atoms with Crippen molar-refractivity contribution < 1.29 is 4.57 Å². The normalized spacial score (nSPS) is 14.1. The van der Waals surface area contributed by atoms with E-state index in [0.717, 1.165) is 16.7 Å². The van der Waals surface area contributed by atoms with Gasteiger partial charge < -0.3 is 9.13 Å². The molecule has 0 bridgehead atoms. The molecule has 2 heteroatoms. The molecule has 0 N–H and O–H groups in total. The molecule has 26 heavy (non-hydrogen) atoms. The summed E-state index contributed by atoms with van der Waals surface area (Å²) in [6.07, 6.45) is 9.95. The maximum absolute atomic E-state index is 3.47. The highest BCUT2D eigenvalue weighted by Gasteiger charge is 2.16. The fourth-order valence-corrected chi connectivity index (χ4v) is 3.73. The van der Waals surface area contributed by atoms with Gasteiger partial charge >= 0.3 is 0 Å². The summed E-state index contributed by atoms with van der Waals surface area (Å²) in [4.78, 5) is 0. The molecule has 5 rings (SSSR count). The summed E-state index contributed by atoms with van der Waals surface area (Å²) in [6.45, 7) is 0. The highest BCUT2D eigenvalue weighted by atomic mass is 15.1. The van der Waals surface area contributed by atoms with Crippen molar-refractivity contribution in [3.8, 4) is 11.1 Å². The molecule has 2 nitrogen and oxygen atoms in total. The van der Waals surface area contributed by atoms with Gasteiger partial charge in [0.05, 0.1) is 23.8 Å². The van der Waals surface area contributed by atoms with E-state index in [1.807, 2.05) is 7.05 Å². The maximum atomic E-state index is 3.47. The molecular weight excluding hydrogens is 316 g/mol. The number of benzene rings is 3. The van der Waals surface area contributed by atoms with Crippen LogP contribution in [0.5, 0.6) is 0 Å². The molecule has 1 aliphatic rings. The van der Waals surface area contributed by atoms with Gasteiger partial charge in [-0.2, -0.15) is 0 Å². The molecule has 0 saturated carbocycles. The summed E-state index contributed by atoms with van der Waals surface area (Å²) >= 11 is 0. The van der Waals surface area contributed by atoms with Crippen LogP contribution >= 0.6 is 0 Å². The van der Waals surface area contributed by atoms with E-state index in [1.165, 1.54) is 22.3 Å². The first-order valence-corrected chi connectivity index (χ1v) is 8.79. The van der Waals surface area contributed by atoms with E-state index >= 15 is 0 Å². The first kappa shape index (κ1) is 14.9. The Morgan fingerprint density at radius 3 is 2.35 bits per heavy atom. The average Bonchev–Trinajstić information content (AvgIpc) is 3.01. The lowest BCUT2D eigenvalue weighted by Gasteiger charge is -2.18. The van der Waals surface area contributed by atoms with Crippen LogP contribution in [0.15, 0.2) is 84.9 Å². The Labute approximate surface area is 153 Å². The fraction of sp³-hybridized carbons (Fsp3) is 0.0417. The zero-order valence-electron chi connectivity index (χ0n) is 14.6. The van der Waals surface area contributed by atoms with Gasteiger partial charge in [0, 0.05) is 0 Å². The summed E-state index contributed by atoms with van der Waals surface area (Å²) < 4.78 is 4.21. The van der Waals surface area contributed by atoms with Gasteiger partial charge in [0.2, 0.25) is 6.33 Å². The zero-order chi connectivity index (χ0) is 17.5. The monoisotopic (exact) mass is 334 g/mol. The zero-order valence-corrected chi connectivity index (χ0v) is 14.6. The van der Waals surface area contributed by atoms with Crippen molar-refractivity contribution in [3.05, 3.63) is 102 Å². The van der Waals surface area contributed by atoms with Crippen LogP contribution in [-0.4, -0.2) is 4.57 Å². The SMILES string of the molecule is Cn1[c-][n+](C2=C/C=C\c3ccccc3-c3ccccc32)c2ccccc21. The third kappa shape index (κ3) is 2.23. The Morgan fingerprint density at radius 1 is 0.769 bits per heavy atom. The van der Waals surface area contributed by atoms with E-state index in [4.69, 9.17) is 0 Å². The molecule has 1 aromatic heterocycles. The van der Waals surface area contributed by atoms with Gasteiger partial charge in [-0.3, -0.25) is 0 Å². The summed E-state index contributed by atoms with van der Waals surface area (Å²) in [5.74, 6) is 0. The number of imidazole rings is 1. The number of aryl methyl sites for hydroxylation is 1. The Morgan fingerprint density at radius 2 is 1.46 bits per heavy atom. The minimum Gasteiger partial charge on any atom is -0.319 e. The molecule has 4 aromatic rings. The van der Waals surface area contributed by atoms with Gasteiger partial charge in [0.1, 0.15) is 0 Å². The molecule has 0 fully saturated rings. The minimum absolute atomic E-state index is 1.13. The topological polar surface area (TPSA) is 8.81 Å². The molecule has 0 atom stereocenters. The van der Waals surface area contributed by atoms with Crippen molar-refractivity contribution in [2.45, 2.75) is 0 Å². The first-order chi connectivity index (χ1) is 12.8. The van der Waals surface area contributed by atoms with Gasteiger partial charge in [0.15, 0.2) is 0 Å². The number of fused-ring (bicyclic) bond motifs is 4. The van der Waals surface area contributed by atoms with Gasteiger partial charge in [-0.1, -0.05) is 91.0 Å². The molecule has 0 spiro atoms. The Balaban J connectivity index is 1.83. The molecule has 1 aliphatic carbocycles. The molecular formula is C24H18N2. The van der Waals surface area contributed by atoms with Gasteiger partial charge in [-0.25, -0.2) is 0 Å². The van der Waals surface area contributed by atoms with Crippen LogP contribution in [0.3, 0.4) is 0 Å². The van der Waals surface area contributed by atoms with E-state index in [2.05, 4.69) is 106 Å². The van der Waals surface area contributed by atoms with Crippen LogP contribution in [0.25, 0.3) is 33.9 Å². The largest absolute Gasteiger partial charge is 0.319 e. The van der Waals surface area contributed by atoms with Crippen molar-refractivity contribution in [1.82, 2.24) is 4.57 Å². The first-order valence-electron chi connectivity index (χ1n) is 8.79. The van der Waals surface area contributed by atoms with Crippen LogP contribution in [0.4, 0.5) is 0 Å². The Hall–Kier alpha value is -3.39. The molecule has 0 saturated heterocycles. The van der Waals surface area contributed by atoms with Crippen LogP contribution in [0.2, 0.25) is 0 Å². The van der Waals surface area contributed by atoms with Crippen LogP contribution in [-0.2, 0) is 7.05 Å². The summed E-state index contributed by atoms with van der Waals surface area (Å²) in [6, 6.07) is 25.6. The molecule has 0 unspecified atom stereocenters. The summed E-state index contributed by atoms with van der Waals surface area (Å²) in [7, 11) is 2.04. The fourth-order valence-electron chi connectivity index (χ4n) is 3.73. The van der Waals surface area contributed by atoms with Gasteiger partial charge in [0.25, 0.3) is 0 Å². The van der Waals surface area contributed by atoms with Crippen LogP contribution in [0.1, 0.15) is 11.1 Å². The second-order valence-electron chi connectivity index (χ2n) is 6.53. The standard InChI is InChI=1S/C24H18N2/c1-25-17-26(24-15-7-6-14-23(24)25)22-16-8-10-18-9-2-3-11-19(18)20-12-4-5-13-21(20)22/h2-16H,1H3/b10-8-,16-8?,18-10?,20-19?,22-16?,22-21?. The molecule has 0 amide bonds. The number of nitrogens with zero attached hydrogens (tertiary/aromatic N) is 2. The maximum Gasteiger partial charge on any atom is 0.244 e. The number of aromatic nitrogens is 2. The number of hydrogen-bond donors (Lipinski definition) is 0. The van der Waals surface area contributed by atoms with Crippen LogP contribution in [0, 0.1) is 6.33 Å². The lowest BCUT2D eigenvalue weighted by molar-refractivity contribution is -0.555. The molecule has 124 valence electrons. The second kappa shape index (κ2) is 5.85. The van der Waals surface area contributed by atoms with Gasteiger partial charge in [-0.15, -0.1) is 0 Å². The third-order valence-corrected chi connectivity index (χ3v) is 4.96. The summed E-state index contributed by atoms with van der Waals surface area (Å²) in [5, 5.41) is 0. The number of para-hydroxylation sites is 2. The highest BCUT2D eigenvalue weighted by Crippen LogP contribution is 2.33. The number of rotatable bonds is 1. The minimum atomic E-state index is 1.13. The Bertz CT molecular complexity index is 1190. The highest BCUT2D eigenvalue weighted by molar-refractivity contribution is 5.86. The van der Waals surface area contributed by atoms with E-state index in [9.17, 15) is 0 Å². The van der Waals surface area contributed by atoms with E-state index in [1.54, 1.807) is 0 Å². The van der Waals surface area contributed by atoms with Crippen molar-refractivity contribution in [3.63, 3.8) is 0 Å². The lowest BCUT2D eigenvalue weighted by atomic mass is 9.92. The van der Waals surface area contributed by atoms with Crippen molar-refractivity contribution in [1.29, 1.82) is 0 Å². The van der Waals surface area contributed by atoms with Gasteiger partial charge in [-0.05, 0) is 22.3 Å². The van der Waals surface area contributed by atoms with E-state index in [0.29, 0.717) is 0 Å². The molecule has 0 aliphatic heterocycles. The predicted molar refractivity (Wildman–Crippen MR) is 106 cm³/mol. The lowest BCUT2D eigenvalue weighted by Crippen LogP contribution is -2.32. The molecule has 0 radical (unpaired) electrons. The summed E-state index contributed by atoms with van der Waals surface area (Å²) in [5.41, 5.74) is 8.39.